The van der Waals surface area contributed by atoms with Crippen LogP contribution in [-0.4, -0.2) is 20.7 Å². The molecule has 2 heterocycles. The Bertz CT molecular complexity index is 873. The van der Waals surface area contributed by atoms with E-state index < -0.39 is 0 Å². The lowest BCUT2D eigenvalue weighted by atomic mass is 10.1. The van der Waals surface area contributed by atoms with Gasteiger partial charge in [-0.3, -0.25) is 9.78 Å². The molecule has 1 aliphatic carbocycles. The van der Waals surface area contributed by atoms with Gasteiger partial charge in [-0.15, -0.1) is 0 Å². The molecule has 1 aliphatic rings. The average Bonchev–Trinajstić information content (AvgIpc) is 3.24. The molecule has 2 atom stereocenters. The largest absolute Gasteiger partial charge is 0.352 e. The average molecular weight is 332 g/mol. The normalized spacial score (nSPS) is 18.8. The molecule has 25 heavy (non-hydrogen) atoms. The van der Waals surface area contributed by atoms with Crippen LogP contribution in [0.1, 0.15) is 18.9 Å². The van der Waals surface area contributed by atoms with E-state index in [9.17, 15) is 4.79 Å². The Balaban J connectivity index is 1.63. The fraction of sp³-hybridized carbons (Fsp3) is 0.250. The predicted octanol–water partition coefficient (Wildman–Crippen LogP) is 3.21. The van der Waals surface area contributed by atoms with E-state index in [1.807, 2.05) is 53.3 Å². The Hall–Kier alpha value is -2.95. The van der Waals surface area contributed by atoms with Crippen molar-refractivity contribution in [1.29, 1.82) is 0 Å². The van der Waals surface area contributed by atoms with Crippen LogP contribution >= 0.6 is 0 Å². The standard InChI is InChI=1S/C20H20N4O/c1-14-11-18(14)20(25)22-12-16-13-24(17-5-3-2-4-6-17)23-19(16)15-7-9-21-10-8-15/h2-10,13-14,18H,11-12H2,1H3,(H,22,25)/t14-,18+/m1/s1. The van der Waals surface area contributed by atoms with Gasteiger partial charge >= 0.3 is 0 Å². The van der Waals surface area contributed by atoms with Crippen molar-refractivity contribution >= 4 is 5.91 Å². The van der Waals surface area contributed by atoms with Gasteiger partial charge in [-0.1, -0.05) is 25.1 Å². The minimum atomic E-state index is 0.139. The third kappa shape index (κ3) is 3.31. The van der Waals surface area contributed by atoms with Crippen molar-refractivity contribution in [3.8, 4) is 16.9 Å². The van der Waals surface area contributed by atoms with Crippen LogP contribution < -0.4 is 5.32 Å². The summed E-state index contributed by atoms with van der Waals surface area (Å²) in [6.07, 6.45) is 6.49. The molecule has 1 fully saturated rings. The quantitative estimate of drug-likeness (QED) is 0.780. The zero-order valence-electron chi connectivity index (χ0n) is 14.1. The molecule has 1 saturated carbocycles. The van der Waals surface area contributed by atoms with Crippen molar-refractivity contribution < 1.29 is 4.79 Å². The number of pyridine rings is 1. The highest BCUT2D eigenvalue weighted by molar-refractivity contribution is 5.81. The molecule has 4 rings (SSSR count). The maximum atomic E-state index is 12.2. The van der Waals surface area contributed by atoms with Crippen LogP contribution in [0.3, 0.4) is 0 Å². The summed E-state index contributed by atoms with van der Waals surface area (Å²) in [4.78, 5) is 16.2. The lowest BCUT2D eigenvalue weighted by molar-refractivity contribution is -0.122. The number of nitrogens with zero attached hydrogens (tertiary/aromatic N) is 3. The number of aromatic nitrogens is 3. The number of para-hydroxylation sites is 1. The second-order valence-corrected chi connectivity index (χ2v) is 6.56. The van der Waals surface area contributed by atoms with Crippen LogP contribution in [0.4, 0.5) is 0 Å². The van der Waals surface area contributed by atoms with E-state index in [1.54, 1.807) is 12.4 Å². The second kappa shape index (κ2) is 6.51. The van der Waals surface area contributed by atoms with Crippen LogP contribution in [0.25, 0.3) is 16.9 Å². The van der Waals surface area contributed by atoms with Gasteiger partial charge in [0, 0.05) is 42.2 Å². The zero-order chi connectivity index (χ0) is 17.2. The first-order valence-electron chi connectivity index (χ1n) is 8.54. The van der Waals surface area contributed by atoms with Crippen molar-refractivity contribution in [2.45, 2.75) is 19.9 Å². The van der Waals surface area contributed by atoms with Gasteiger partial charge in [0.15, 0.2) is 0 Å². The number of rotatable bonds is 5. The van der Waals surface area contributed by atoms with Crippen molar-refractivity contribution in [3.63, 3.8) is 0 Å². The molecule has 126 valence electrons. The van der Waals surface area contributed by atoms with E-state index in [1.165, 1.54) is 0 Å². The van der Waals surface area contributed by atoms with Gasteiger partial charge in [0.2, 0.25) is 5.91 Å². The number of amides is 1. The van der Waals surface area contributed by atoms with Crippen molar-refractivity contribution in [3.05, 3.63) is 66.6 Å². The molecule has 0 spiro atoms. The molecular formula is C20H20N4O. The monoisotopic (exact) mass is 332 g/mol. The molecule has 3 aromatic rings. The summed E-state index contributed by atoms with van der Waals surface area (Å²) in [6, 6.07) is 13.8. The fourth-order valence-corrected chi connectivity index (χ4v) is 3.01. The molecule has 1 amide bonds. The van der Waals surface area contributed by atoms with Gasteiger partial charge in [-0.25, -0.2) is 4.68 Å². The highest BCUT2D eigenvalue weighted by Crippen LogP contribution is 2.37. The molecule has 0 radical (unpaired) electrons. The lowest BCUT2D eigenvalue weighted by Gasteiger charge is -2.05. The summed E-state index contributed by atoms with van der Waals surface area (Å²) in [5, 5.41) is 7.80. The van der Waals surface area contributed by atoms with Gasteiger partial charge in [0.05, 0.1) is 11.4 Å². The third-order valence-corrected chi connectivity index (χ3v) is 4.66. The van der Waals surface area contributed by atoms with Crippen LogP contribution in [-0.2, 0) is 11.3 Å². The van der Waals surface area contributed by atoms with E-state index in [0.717, 1.165) is 28.9 Å². The first kappa shape index (κ1) is 15.6. The Morgan fingerprint density at radius 2 is 1.92 bits per heavy atom. The van der Waals surface area contributed by atoms with Crippen LogP contribution in [0.15, 0.2) is 61.1 Å². The molecule has 1 aromatic carbocycles. The molecular weight excluding hydrogens is 312 g/mol. The molecule has 5 heteroatoms. The Labute approximate surface area is 146 Å². The smallest absolute Gasteiger partial charge is 0.223 e. The number of hydrogen-bond donors (Lipinski definition) is 1. The second-order valence-electron chi connectivity index (χ2n) is 6.56. The number of benzene rings is 1. The van der Waals surface area contributed by atoms with Gasteiger partial charge in [0.25, 0.3) is 0 Å². The summed E-state index contributed by atoms with van der Waals surface area (Å²) in [6.45, 7) is 2.59. The molecule has 5 nitrogen and oxygen atoms in total. The molecule has 0 aliphatic heterocycles. The van der Waals surface area contributed by atoms with Gasteiger partial charge < -0.3 is 5.32 Å². The van der Waals surface area contributed by atoms with Crippen molar-refractivity contribution in [2.75, 3.05) is 0 Å². The van der Waals surface area contributed by atoms with Crippen LogP contribution in [0, 0.1) is 11.8 Å². The molecule has 0 bridgehead atoms. The van der Waals surface area contributed by atoms with E-state index in [-0.39, 0.29) is 11.8 Å². The first-order chi connectivity index (χ1) is 12.2. The fourth-order valence-electron chi connectivity index (χ4n) is 3.01. The van der Waals surface area contributed by atoms with E-state index in [0.29, 0.717) is 12.5 Å². The molecule has 0 unspecified atom stereocenters. The predicted molar refractivity (Wildman–Crippen MR) is 95.9 cm³/mol. The minimum Gasteiger partial charge on any atom is -0.352 e. The van der Waals surface area contributed by atoms with Crippen LogP contribution in [0.2, 0.25) is 0 Å². The van der Waals surface area contributed by atoms with Crippen molar-refractivity contribution in [1.82, 2.24) is 20.1 Å². The Morgan fingerprint density at radius 1 is 1.20 bits per heavy atom. The summed E-state index contributed by atoms with van der Waals surface area (Å²) in [5.74, 6) is 0.820. The topological polar surface area (TPSA) is 59.8 Å². The minimum absolute atomic E-state index is 0.139. The highest BCUT2D eigenvalue weighted by Gasteiger charge is 2.38. The summed E-state index contributed by atoms with van der Waals surface area (Å²) < 4.78 is 1.86. The number of hydrogen-bond acceptors (Lipinski definition) is 3. The molecule has 0 saturated heterocycles. The lowest BCUT2D eigenvalue weighted by Crippen LogP contribution is -2.24. The van der Waals surface area contributed by atoms with Crippen LogP contribution in [0.5, 0.6) is 0 Å². The maximum absolute atomic E-state index is 12.2. The van der Waals surface area contributed by atoms with Gasteiger partial charge in [-0.2, -0.15) is 5.10 Å². The Morgan fingerprint density at radius 3 is 2.60 bits per heavy atom. The number of nitrogens with one attached hydrogen (secondary N) is 1. The SMILES string of the molecule is C[C@@H]1C[C@@H]1C(=O)NCc1cn(-c2ccccc2)nc1-c1ccncc1. The van der Waals surface area contributed by atoms with Gasteiger partial charge in [0.1, 0.15) is 0 Å². The van der Waals surface area contributed by atoms with Gasteiger partial charge in [-0.05, 0) is 36.6 Å². The highest BCUT2D eigenvalue weighted by atomic mass is 16.2. The first-order valence-corrected chi connectivity index (χ1v) is 8.54. The number of carbonyl (C=O) groups is 1. The van der Waals surface area contributed by atoms with E-state index in [2.05, 4.69) is 17.2 Å². The molecule has 2 aromatic heterocycles. The number of carbonyl (C=O) groups excluding carboxylic acids is 1. The van der Waals surface area contributed by atoms with E-state index in [4.69, 9.17) is 5.10 Å². The maximum Gasteiger partial charge on any atom is 0.223 e. The summed E-state index contributed by atoms with van der Waals surface area (Å²) in [5.41, 5.74) is 3.85. The zero-order valence-corrected chi connectivity index (χ0v) is 14.1. The summed E-state index contributed by atoms with van der Waals surface area (Å²) >= 11 is 0. The van der Waals surface area contributed by atoms with Crippen molar-refractivity contribution in [2.24, 2.45) is 11.8 Å². The molecule has 1 N–H and O–H groups in total. The third-order valence-electron chi connectivity index (χ3n) is 4.66. The summed E-state index contributed by atoms with van der Waals surface area (Å²) in [7, 11) is 0. The van der Waals surface area contributed by atoms with E-state index >= 15 is 0 Å². The Kier molecular flexibility index (Phi) is 4.06.